The van der Waals surface area contributed by atoms with Gasteiger partial charge in [-0.1, -0.05) is 6.07 Å². The van der Waals surface area contributed by atoms with Gasteiger partial charge < -0.3 is 10.6 Å². The molecule has 0 aromatic heterocycles. The van der Waals surface area contributed by atoms with Crippen LogP contribution >= 0.6 is 12.4 Å². The maximum atomic E-state index is 12.7. The largest absolute Gasteiger partial charge is 0.339 e. The molecule has 1 aromatic rings. The zero-order valence-electron chi connectivity index (χ0n) is 14.9. The number of carbonyl (C=O) groups is 1. The van der Waals surface area contributed by atoms with Crippen molar-refractivity contribution in [1.82, 2.24) is 9.62 Å². The third-order valence-electron chi connectivity index (χ3n) is 4.35. The van der Waals surface area contributed by atoms with E-state index in [4.69, 9.17) is 5.73 Å². The van der Waals surface area contributed by atoms with Gasteiger partial charge in [-0.25, -0.2) is 13.1 Å². The highest BCUT2D eigenvalue weighted by Crippen LogP contribution is 2.22. The van der Waals surface area contributed by atoms with Gasteiger partial charge in [0, 0.05) is 30.7 Å². The molecule has 1 aliphatic rings. The number of nitrogens with two attached hydrogens (primary N) is 1. The maximum absolute atomic E-state index is 12.7. The summed E-state index contributed by atoms with van der Waals surface area (Å²) >= 11 is 0. The number of nitrogens with zero attached hydrogens (tertiary/aromatic N) is 1. The van der Waals surface area contributed by atoms with Crippen LogP contribution in [0.15, 0.2) is 29.2 Å². The highest BCUT2D eigenvalue weighted by Gasteiger charge is 2.26. The Balaban J connectivity index is 0.00000312. The molecule has 2 rings (SSSR count). The molecule has 0 bridgehead atoms. The summed E-state index contributed by atoms with van der Waals surface area (Å²) < 4.78 is 27.1. The van der Waals surface area contributed by atoms with E-state index in [2.05, 4.69) is 4.72 Å². The Morgan fingerprint density at radius 1 is 1.24 bits per heavy atom. The van der Waals surface area contributed by atoms with Gasteiger partial charge in [0.15, 0.2) is 0 Å². The van der Waals surface area contributed by atoms with E-state index in [-0.39, 0.29) is 35.3 Å². The third-order valence-corrected chi connectivity index (χ3v) is 6.01. The second-order valence-corrected chi connectivity index (χ2v) is 8.51. The minimum absolute atomic E-state index is 0. The third kappa shape index (κ3) is 5.67. The number of sulfonamides is 1. The number of hydrogen-bond acceptors (Lipinski definition) is 4. The number of rotatable bonds is 5. The summed E-state index contributed by atoms with van der Waals surface area (Å²) in [6, 6.07) is 6.16. The summed E-state index contributed by atoms with van der Waals surface area (Å²) in [5.41, 5.74) is 6.33. The molecule has 1 aliphatic heterocycles. The number of halogens is 1. The van der Waals surface area contributed by atoms with Crippen LogP contribution in [0.5, 0.6) is 0 Å². The summed E-state index contributed by atoms with van der Waals surface area (Å²) in [5, 5.41) is 0. The summed E-state index contributed by atoms with van der Waals surface area (Å²) in [4.78, 5) is 14.6. The van der Waals surface area contributed by atoms with Crippen molar-refractivity contribution < 1.29 is 13.2 Å². The Kier molecular flexibility index (Phi) is 7.87. The van der Waals surface area contributed by atoms with Crippen molar-refractivity contribution in [2.24, 2.45) is 11.7 Å². The molecule has 142 valence electrons. The first-order valence-electron chi connectivity index (χ1n) is 8.38. The quantitative estimate of drug-likeness (QED) is 0.805. The van der Waals surface area contributed by atoms with E-state index in [1.54, 1.807) is 30.9 Å². The minimum Gasteiger partial charge on any atom is -0.339 e. The van der Waals surface area contributed by atoms with E-state index in [1.165, 1.54) is 12.1 Å². The van der Waals surface area contributed by atoms with Crippen molar-refractivity contribution in [2.75, 3.05) is 13.1 Å². The van der Waals surface area contributed by atoms with Crippen LogP contribution in [0.1, 0.15) is 44.0 Å². The lowest BCUT2D eigenvalue weighted by Gasteiger charge is -2.33. The first-order valence-corrected chi connectivity index (χ1v) is 9.86. The van der Waals surface area contributed by atoms with Gasteiger partial charge in [0.05, 0.1) is 4.90 Å². The molecule has 25 heavy (non-hydrogen) atoms. The normalized spacial score (nSPS) is 17.2. The molecule has 1 fully saturated rings. The Morgan fingerprint density at radius 2 is 1.84 bits per heavy atom. The van der Waals surface area contributed by atoms with Gasteiger partial charge >= 0.3 is 0 Å². The molecule has 1 saturated heterocycles. The fraction of sp³-hybridized carbons (Fsp3) is 0.588. The monoisotopic (exact) mass is 389 g/mol. The molecule has 1 unspecified atom stereocenters. The fourth-order valence-corrected chi connectivity index (χ4v) is 4.28. The van der Waals surface area contributed by atoms with Crippen molar-refractivity contribution >= 4 is 28.3 Å². The number of nitrogens with one attached hydrogen (secondary N) is 1. The van der Waals surface area contributed by atoms with Crippen LogP contribution in [-0.4, -0.2) is 44.4 Å². The second kappa shape index (κ2) is 8.98. The molecule has 0 radical (unpaired) electrons. The number of likely N-dealkylation sites (tertiary alicyclic amines) is 1. The van der Waals surface area contributed by atoms with Crippen LogP contribution in [0.3, 0.4) is 0 Å². The Labute approximate surface area is 156 Å². The maximum Gasteiger partial charge on any atom is 0.253 e. The van der Waals surface area contributed by atoms with Crippen LogP contribution < -0.4 is 10.5 Å². The van der Waals surface area contributed by atoms with E-state index in [9.17, 15) is 13.2 Å². The predicted octanol–water partition coefficient (Wildman–Crippen LogP) is 1.99. The summed E-state index contributed by atoms with van der Waals surface area (Å²) in [6.07, 6.45) is 1.77. The smallest absolute Gasteiger partial charge is 0.253 e. The summed E-state index contributed by atoms with van der Waals surface area (Å²) in [7, 11) is -3.60. The molecule has 8 heteroatoms. The molecule has 0 aliphatic carbocycles. The van der Waals surface area contributed by atoms with Crippen molar-refractivity contribution in [3.05, 3.63) is 29.8 Å². The SMILES string of the molecule is CC(C)NS(=O)(=O)c1cccc(C(=O)N2CCC(C(C)N)CC2)c1.Cl. The Morgan fingerprint density at radius 3 is 2.36 bits per heavy atom. The first kappa shape index (κ1) is 21.9. The molecule has 1 atom stereocenters. The van der Waals surface area contributed by atoms with Gasteiger partial charge in [-0.3, -0.25) is 4.79 Å². The van der Waals surface area contributed by atoms with Crippen LogP contribution in [-0.2, 0) is 10.0 Å². The minimum atomic E-state index is -3.60. The zero-order valence-corrected chi connectivity index (χ0v) is 16.6. The Bertz CT molecular complexity index is 684. The highest BCUT2D eigenvalue weighted by molar-refractivity contribution is 7.89. The van der Waals surface area contributed by atoms with Crippen LogP contribution in [0, 0.1) is 5.92 Å². The van der Waals surface area contributed by atoms with Gasteiger partial charge in [0.25, 0.3) is 5.91 Å². The van der Waals surface area contributed by atoms with Gasteiger partial charge in [-0.2, -0.15) is 0 Å². The predicted molar refractivity (Wildman–Crippen MR) is 101 cm³/mol. The molecule has 1 aromatic carbocycles. The van der Waals surface area contributed by atoms with Crippen molar-refractivity contribution in [2.45, 2.75) is 50.6 Å². The first-order chi connectivity index (χ1) is 11.2. The zero-order chi connectivity index (χ0) is 17.9. The number of amides is 1. The van der Waals surface area contributed by atoms with Crippen LogP contribution in [0.4, 0.5) is 0 Å². The van der Waals surface area contributed by atoms with Gasteiger partial charge in [-0.05, 0) is 57.7 Å². The summed E-state index contributed by atoms with van der Waals surface area (Å²) in [6.45, 7) is 6.83. The molecule has 1 heterocycles. The van der Waals surface area contributed by atoms with Gasteiger partial charge in [-0.15, -0.1) is 12.4 Å². The molecule has 0 saturated carbocycles. The van der Waals surface area contributed by atoms with Crippen molar-refractivity contribution in [3.63, 3.8) is 0 Å². The lowest BCUT2D eigenvalue weighted by atomic mass is 9.90. The van der Waals surface area contributed by atoms with E-state index < -0.39 is 10.0 Å². The van der Waals surface area contributed by atoms with Crippen molar-refractivity contribution in [3.8, 4) is 0 Å². The average Bonchev–Trinajstić information content (AvgIpc) is 2.53. The average molecular weight is 390 g/mol. The molecular formula is C17H28ClN3O3S. The van der Waals surface area contributed by atoms with Crippen molar-refractivity contribution in [1.29, 1.82) is 0 Å². The number of carbonyl (C=O) groups excluding carboxylic acids is 1. The number of piperidine rings is 1. The van der Waals surface area contributed by atoms with E-state index >= 15 is 0 Å². The van der Waals surface area contributed by atoms with Crippen LogP contribution in [0.25, 0.3) is 0 Å². The molecule has 3 N–H and O–H groups in total. The highest BCUT2D eigenvalue weighted by atomic mass is 35.5. The van der Waals surface area contributed by atoms with E-state index in [1.807, 2.05) is 6.92 Å². The lowest BCUT2D eigenvalue weighted by Crippen LogP contribution is -2.42. The standard InChI is InChI=1S/C17H27N3O3S.ClH/c1-12(2)19-24(22,23)16-6-4-5-15(11-16)17(21)20-9-7-14(8-10-20)13(3)18;/h4-6,11-14,19H,7-10,18H2,1-3H3;1H. The summed E-state index contributed by atoms with van der Waals surface area (Å²) in [5.74, 6) is 0.315. The van der Waals surface area contributed by atoms with Gasteiger partial charge in [0.2, 0.25) is 10.0 Å². The van der Waals surface area contributed by atoms with E-state index in [0.29, 0.717) is 24.6 Å². The number of hydrogen-bond donors (Lipinski definition) is 2. The number of benzene rings is 1. The van der Waals surface area contributed by atoms with Gasteiger partial charge in [0.1, 0.15) is 0 Å². The second-order valence-electron chi connectivity index (χ2n) is 6.79. The fourth-order valence-electron chi connectivity index (χ4n) is 2.99. The molecule has 0 spiro atoms. The lowest BCUT2D eigenvalue weighted by molar-refractivity contribution is 0.0680. The van der Waals surface area contributed by atoms with Crippen LogP contribution in [0.2, 0.25) is 0 Å². The topological polar surface area (TPSA) is 92.5 Å². The van der Waals surface area contributed by atoms with E-state index in [0.717, 1.165) is 12.8 Å². The molecule has 6 nitrogen and oxygen atoms in total. The Hall–Kier alpha value is -1.15. The molecular weight excluding hydrogens is 362 g/mol. The molecule has 1 amide bonds.